The maximum absolute atomic E-state index is 10.9. The zero-order valence-corrected chi connectivity index (χ0v) is 10.2. The number of aryl methyl sites for hydroxylation is 1. The SMILES string of the molecule is CC(C)CCc1cccc(C(C)C(=O)O)c1. The van der Waals surface area contributed by atoms with Gasteiger partial charge in [0.2, 0.25) is 0 Å². The van der Waals surface area contributed by atoms with Crippen molar-refractivity contribution in [1.82, 2.24) is 0 Å². The lowest BCUT2D eigenvalue weighted by molar-refractivity contribution is -0.138. The van der Waals surface area contributed by atoms with E-state index in [0.29, 0.717) is 5.92 Å². The normalized spacial score (nSPS) is 12.8. The van der Waals surface area contributed by atoms with Crippen molar-refractivity contribution in [3.05, 3.63) is 35.4 Å². The van der Waals surface area contributed by atoms with Gasteiger partial charge in [-0.25, -0.2) is 0 Å². The van der Waals surface area contributed by atoms with Crippen molar-refractivity contribution in [2.75, 3.05) is 0 Å². The molecule has 0 radical (unpaired) electrons. The Hall–Kier alpha value is -1.31. The fraction of sp³-hybridized carbons (Fsp3) is 0.500. The number of hydrogen-bond acceptors (Lipinski definition) is 1. The Morgan fingerprint density at radius 1 is 1.31 bits per heavy atom. The van der Waals surface area contributed by atoms with Gasteiger partial charge in [0.15, 0.2) is 0 Å². The van der Waals surface area contributed by atoms with Crippen LogP contribution in [0.1, 0.15) is 44.2 Å². The molecule has 1 rings (SSSR count). The predicted octanol–water partition coefficient (Wildman–Crippen LogP) is 3.46. The van der Waals surface area contributed by atoms with E-state index in [9.17, 15) is 4.79 Å². The minimum Gasteiger partial charge on any atom is -0.481 e. The van der Waals surface area contributed by atoms with E-state index in [1.165, 1.54) is 5.56 Å². The van der Waals surface area contributed by atoms with Gasteiger partial charge in [-0.1, -0.05) is 38.1 Å². The van der Waals surface area contributed by atoms with E-state index in [4.69, 9.17) is 5.11 Å². The molecule has 0 aliphatic rings. The second kappa shape index (κ2) is 5.69. The Balaban J connectivity index is 2.74. The lowest BCUT2D eigenvalue weighted by Gasteiger charge is -2.09. The van der Waals surface area contributed by atoms with Crippen LogP contribution in [-0.4, -0.2) is 11.1 Å². The molecular formula is C14H20O2. The molecule has 0 spiro atoms. The average molecular weight is 220 g/mol. The summed E-state index contributed by atoms with van der Waals surface area (Å²) in [5, 5.41) is 8.94. The summed E-state index contributed by atoms with van der Waals surface area (Å²) in [5.74, 6) is -0.499. The maximum Gasteiger partial charge on any atom is 0.310 e. The van der Waals surface area contributed by atoms with Crippen molar-refractivity contribution >= 4 is 5.97 Å². The molecule has 0 aromatic heterocycles. The molecule has 0 fully saturated rings. The van der Waals surface area contributed by atoms with Gasteiger partial charge >= 0.3 is 5.97 Å². The monoisotopic (exact) mass is 220 g/mol. The topological polar surface area (TPSA) is 37.3 Å². The van der Waals surface area contributed by atoms with Gasteiger partial charge < -0.3 is 5.11 Å². The van der Waals surface area contributed by atoms with Crippen LogP contribution in [-0.2, 0) is 11.2 Å². The standard InChI is InChI=1S/C14H20O2/c1-10(2)7-8-12-5-4-6-13(9-12)11(3)14(15)16/h4-6,9-11H,7-8H2,1-3H3,(H,15,16). The minimum atomic E-state index is -0.763. The zero-order chi connectivity index (χ0) is 12.1. The van der Waals surface area contributed by atoms with Crippen LogP contribution in [0.5, 0.6) is 0 Å². The van der Waals surface area contributed by atoms with E-state index in [2.05, 4.69) is 19.9 Å². The van der Waals surface area contributed by atoms with E-state index < -0.39 is 11.9 Å². The Morgan fingerprint density at radius 3 is 2.56 bits per heavy atom. The first-order valence-electron chi connectivity index (χ1n) is 5.82. The number of aliphatic carboxylic acids is 1. The third-order valence-electron chi connectivity index (χ3n) is 2.83. The van der Waals surface area contributed by atoms with Gasteiger partial charge in [0.05, 0.1) is 5.92 Å². The van der Waals surface area contributed by atoms with Crippen molar-refractivity contribution in [3.8, 4) is 0 Å². The molecule has 0 heterocycles. The minimum absolute atomic E-state index is 0.418. The van der Waals surface area contributed by atoms with Gasteiger partial charge in [-0.3, -0.25) is 4.79 Å². The van der Waals surface area contributed by atoms with Crippen molar-refractivity contribution < 1.29 is 9.90 Å². The number of hydrogen-bond donors (Lipinski definition) is 1. The van der Waals surface area contributed by atoms with Gasteiger partial charge in [-0.05, 0) is 36.8 Å². The summed E-state index contributed by atoms with van der Waals surface area (Å²) in [6, 6.07) is 7.92. The second-order valence-corrected chi connectivity index (χ2v) is 4.74. The molecule has 2 nitrogen and oxygen atoms in total. The second-order valence-electron chi connectivity index (χ2n) is 4.74. The molecule has 0 saturated heterocycles. The van der Waals surface area contributed by atoms with Crippen molar-refractivity contribution in [1.29, 1.82) is 0 Å². The highest BCUT2D eigenvalue weighted by molar-refractivity contribution is 5.75. The predicted molar refractivity (Wildman–Crippen MR) is 65.7 cm³/mol. The Kier molecular flexibility index (Phi) is 4.53. The van der Waals surface area contributed by atoms with Crippen LogP contribution >= 0.6 is 0 Å². The van der Waals surface area contributed by atoms with E-state index in [0.717, 1.165) is 18.4 Å². The van der Waals surface area contributed by atoms with Gasteiger partial charge in [-0.2, -0.15) is 0 Å². The molecule has 1 aromatic carbocycles. The Labute approximate surface area is 97.3 Å². The number of rotatable bonds is 5. The molecule has 0 aliphatic carbocycles. The Bertz CT molecular complexity index is 356. The van der Waals surface area contributed by atoms with Crippen LogP contribution < -0.4 is 0 Å². The molecule has 1 N–H and O–H groups in total. The number of carboxylic acid groups (broad SMARTS) is 1. The van der Waals surface area contributed by atoms with Crippen molar-refractivity contribution in [2.45, 2.75) is 39.5 Å². The molecule has 1 aromatic rings. The van der Waals surface area contributed by atoms with E-state index in [-0.39, 0.29) is 0 Å². The summed E-state index contributed by atoms with van der Waals surface area (Å²) in [7, 11) is 0. The van der Waals surface area contributed by atoms with Crippen molar-refractivity contribution in [3.63, 3.8) is 0 Å². The summed E-state index contributed by atoms with van der Waals surface area (Å²) in [6.07, 6.45) is 2.17. The average Bonchev–Trinajstić information content (AvgIpc) is 2.25. The van der Waals surface area contributed by atoms with Gasteiger partial charge in [0, 0.05) is 0 Å². The first kappa shape index (κ1) is 12.8. The molecule has 16 heavy (non-hydrogen) atoms. The molecule has 0 aliphatic heterocycles. The van der Waals surface area contributed by atoms with Crippen LogP contribution in [0.25, 0.3) is 0 Å². The highest BCUT2D eigenvalue weighted by Gasteiger charge is 2.13. The third kappa shape index (κ3) is 3.69. The fourth-order valence-electron chi connectivity index (χ4n) is 1.62. The summed E-state index contributed by atoms with van der Waals surface area (Å²) < 4.78 is 0. The van der Waals surface area contributed by atoms with Gasteiger partial charge in [-0.15, -0.1) is 0 Å². The zero-order valence-electron chi connectivity index (χ0n) is 10.2. The lowest BCUT2D eigenvalue weighted by Crippen LogP contribution is -2.07. The molecule has 88 valence electrons. The van der Waals surface area contributed by atoms with Crippen LogP contribution in [0.15, 0.2) is 24.3 Å². The molecule has 0 saturated carbocycles. The van der Waals surface area contributed by atoms with Crippen LogP contribution in [0.4, 0.5) is 0 Å². The van der Waals surface area contributed by atoms with Crippen LogP contribution in [0.2, 0.25) is 0 Å². The van der Waals surface area contributed by atoms with Crippen LogP contribution in [0.3, 0.4) is 0 Å². The Morgan fingerprint density at radius 2 is 2.00 bits per heavy atom. The summed E-state index contributed by atoms with van der Waals surface area (Å²) in [5.41, 5.74) is 2.13. The van der Waals surface area contributed by atoms with E-state index >= 15 is 0 Å². The summed E-state index contributed by atoms with van der Waals surface area (Å²) in [4.78, 5) is 10.9. The molecule has 2 heteroatoms. The highest BCUT2D eigenvalue weighted by atomic mass is 16.4. The first-order valence-corrected chi connectivity index (χ1v) is 5.82. The highest BCUT2D eigenvalue weighted by Crippen LogP contribution is 2.18. The van der Waals surface area contributed by atoms with E-state index in [1.807, 2.05) is 18.2 Å². The smallest absolute Gasteiger partial charge is 0.310 e. The quantitative estimate of drug-likeness (QED) is 0.825. The van der Waals surface area contributed by atoms with E-state index in [1.54, 1.807) is 6.92 Å². The molecular weight excluding hydrogens is 200 g/mol. The molecule has 0 amide bonds. The van der Waals surface area contributed by atoms with Crippen LogP contribution in [0, 0.1) is 5.92 Å². The number of carboxylic acids is 1. The lowest BCUT2D eigenvalue weighted by atomic mass is 9.96. The number of benzene rings is 1. The summed E-state index contributed by atoms with van der Waals surface area (Å²) >= 11 is 0. The first-order chi connectivity index (χ1) is 7.50. The van der Waals surface area contributed by atoms with Gasteiger partial charge in [0.1, 0.15) is 0 Å². The number of carbonyl (C=O) groups is 1. The molecule has 0 bridgehead atoms. The third-order valence-corrected chi connectivity index (χ3v) is 2.83. The molecule has 1 unspecified atom stereocenters. The van der Waals surface area contributed by atoms with Crippen molar-refractivity contribution in [2.24, 2.45) is 5.92 Å². The van der Waals surface area contributed by atoms with Gasteiger partial charge in [0.25, 0.3) is 0 Å². The maximum atomic E-state index is 10.9. The fourth-order valence-corrected chi connectivity index (χ4v) is 1.62. The summed E-state index contributed by atoms with van der Waals surface area (Å²) in [6.45, 7) is 6.12. The molecule has 1 atom stereocenters. The largest absolute Gasteiger partial charge is 0.481 e.